The average molecular weight is 358 g/mol. The van der Waals surface area contributed by atoms with Crippen LogP contribution in [-0.2, 0) is 4.74 Å². The Morgan fingerprint density at radius 3 is 2.96 bits per heavy atom. The van der Waals surface area contributed by atoms with E-state index in [0.717, 1.165) is 37.3 Å². The van der Waals surface area contributed by atoms with Gasteiger partial charge in [-0.2, -0.15) is 0 Å². The molecule has 1 aromatic rings. The molecule has 1 saturated heterocycles. The van der Waals surface area contributed by atoms with E-state index in [1.54, 1.807) is 12.1 Å². The summed E-state index contributed by atoms with van der Waals surface area (Å²) < 4.78 is 7.95. The minimum absolute atomic E-state index is 0.1000. The minimum atomic E-state index is -0.128. The Morgan fingerprint density at radius 2 is 2.28 bits per heavy atom. The number of hydrogen-bond donors (Lipinski definition) is 1. The topological polar surface area (TPSA) is 62.7 Å². The van der Waals surface area contributed by atoms with Crippen molar-refractivity contribution < 1.29 is 14.6 Å². The molecule has 3 rings (SSSR count). The molecule has 0 aromatic carbocycles. The zero-order valence-corrected chi connectivity index (χ0v) is 15.1. The molecule has 3 heterocycles. The van der Waals surface area contributed by atoms with Gasteiger partial charge in [0.2, 0.25) is 11.7 Å². The standard InChI is InChI=1S/C19H22N2O3S/c1-13-9-14(2)21(12-16-5-3-4-8-24-16)25-17(10-13)19(23)15-6-7-18(22)20-11-15/h6-7,9-11,16H,1,3-5,8,12H2,2H3,(H,20,22). The first-order chi connectivity index (χ1) is 12.0. The maximum Gasteiger partial charge on any atom is 0.210 e. The lowest BCUT2D eigenvalue weighted by atomic mass is 10.1. The molecule has 0 bridgehead atoms. The number of carbonyl (C=O) groups is 1. The van der Waals surface area contributed by atoms with Crippen LogP contribution in [0.15, 0.2) is 53.2 Å². The molecular formula is C19H22N2O3S. The van der Waals surface area contributed by atoms with Crippen molar-refractivity contribution in [2.75, 3.05) is 13.2 Å². The van der Waals surface area contributed by atoms with Crippen molar-refractivity contribution in [1.82, 2.24) is 9.29 Å². The summed E-state index contributed by atoms with van der Waals surface area (Å²) in [7, 11) is 0. The van der Waals surface area contributed by atoms with Crippen LogP contribution in [0.5, 0.6) is 5.88 Å². The zero-order chi connectivity index (χ0) is 17.8. The Kier molecular flexibility index (Phi) is 5.60. The van der Waals surface area contributed by atoms with Gasteiger partial charge in [0.25, 0.3) is 0 Å². The summed E-state index contributed by atoms with van der Waals surface area (Å²) >= 11 is 1.41. The number of aromatic nitrogens is 1. The van der Waals surface area contributed by atoms with E-state index in [1.807, 2.05) is 13.0 Å². The van der Waals surface area contributed by atoms with E-state index >= 15 is 0 Å². The first kappa shape index (κ1) is 17.8. The monoisotopic (exact) mass is 358 g/mol. The minimum Gasteiger partial charge on any atom is -0.493 e. The van der Waals surface area contributed by atoms with Crippen LogP contribution in [0, 0.1) is 0 Å². The van der Waals surface area contributed by atoms with Crippen molar-refractivity contribution in [2.45, 2.75) is 32.3 Å². The predicted octanol–water partition coefficient (Wildman–Crippen LogP) is 3.85. The molecular weight excluding hydrogens is 336 g/mol. The van der Waals surface area contributed by atoms with E-state index in [1.165, 1.54) is 30.6 Å². The van der Waals surface area contributed by atoms with Crippen LogP contribution < -0.4 is 0 Å². The van der Waals surface area contributed by atoms with Crippen LogP contribution in [0.2, 0.25) is 0 Å². The Labute approximate surface area is 152 Å². The third-order valence-electron chi connectivity index (χ3n) is 4.19. The summed E-state index contributed by atoms with van der Waals surface area (Å²) in [5.41, 5.74) is 2.27. The molecule has 1 atom stereocenters. The van der Waals surface area contributed by atoms with E-state index in [2.05, 4.69) is 15.9 Å². The van der Waals surface area contributed by atoms with Gasteiger partial charge in [-0.05, 0) is 61.9 Å². The van der Waals surface area contributed by atoms with Gasteiger partial charge in [-0.15, -0.1) is 0 Å². The molecule has 0 saturated carbocycles. The molecule has 0 radical (unpaired) electrons. The third kappa shape index (κ3) is 4.52. The van der Waals surface area contributed by atoms with E-state index in [4.69, 9.17) is 4.74 Å². The molecule has 132 valence electrons. The summed E-state index contributed by atoms with van der Waals surface area (Å²) in [5, 5.41) is 9.31. The molecule has 1 fully saturated rings. The Hall–Kier alpha value is -2.05. The van der Waals surface area contributed by atoms with Gasteiger partial charge in [0.1, 0.15) is 0 Å². The zero-order valence-electron chi connectivity index (χ0n) is 14.3. The number of hydrogen-bond acceptors (Lipinski definition) is 6. The second-order valence-corrected chi connectivity index (χ2v) is 7.31. The second-order valence-electron chi connectivity index (χ2n) is 6.24. The number of pyridine rings is 1. The summed E-state index contributed by atoms with van der Waals surface area (Å²) in [6.07, 6.45) is 8.69. The number of aromatic hydroxyl groups is 1. The highest BCUT2D eigenvalue weighted by Crippen LogP contribution is 2.33. The van der Waals surface area contributed by atoms with Crippen LogP contribution in [0.4, 0.5) is 0 Å². The van der Waals surface area contributed by atoms with Gasteiger partial charge in [-0.1, -0.05) is 6.58 Å². The lowest BCUT2D eigenvalue weighted by Gasteiger charge is -2.30. The van der Waals surface area contributed by atoms with E-state index in [0.29, 0.717) is 10.5 Å². The van der Waals surface area contributed by atoms with E-state index < -0.39 is 0 Å². The smallest absolute Gasteiger partial charge is 0.210 e. The largest absolute Gasteiger partial charge is 0.493 e. The summed E-state index contributed by atoms with van der Waals surface area (Å²) in [6, 6.07) is 3.00. The highest BCUT2D eigenvalue weighted by Gasteiger charge is 2.24. The fourth-order valence-electron chi connectivity index (χ4n) is 2.85. The van der Waals surface area contributed by atoms with Crippen molar-refractivity contribution in [3.63, 3.8) is 0 Å². The van der Waals surface area contributed by atoms with Gasteiger partial charge in [0, 0.05) is 30.1 Å². The SMILES string of the molecule is C=C1C=C(C(=O)c2ccc(O)nc2)SN(CC2CCCCO2)C(C)=C1. The molecule has 0 amide bonds. The molecule has 0 aliphatic carbocycles. The highest BCUT2D eigenvalue weighted by molar-refractivity contribution is 8.02. The van der Waals surface area contributed by atoms with Gasteiger partial charge >= 0.3 is 0 Å². The Balaban J connectivity index is 1.78. The molecule has 1 unspecified atom stereocenters. The van der Waals surface area contributed by atoms with Gasteiger partial charge in [0.15, 0.2) is 0 Å². The van der Waals surface area contributed by atoms with Crippen LogP contribution in [0.3, 0.4) is 0 Å². The summed E-state index contributed by atoms with van der Waals surface area (Å²) in [4.78, 5) is 17.2. The lowest BCUT2D eigenvalue weighted by Crippen LogP contribution is -2.31. The van der Waals surface area contributed by atoms with E-state index in [9.17, 15) is 9.90 Å². The van der Waals surface area contributed by atoms with Crippen LogP contribution in [0.1, 0.15) is 36.5 Å². The number of allylic oxidation sites excluding steroid dienone is 5. The number of nitrogens with zero attached hydrogens (tertiary/aromatic N) is 2. The van der Waals surface area contributed by atoms with Crippen LogP contribution in [0.25, 0.3) is 0 Å². The number of Topliss-reactive ketones (excluding diaryl/α,β-unsaturated/α-hetero) is 1. The average Bonchev–Trinajstić information content (AvgIpc) is 2.74. The van der Waals surface area contributed by atoms with Gasteiger partial charge in [-0.3, -0.25) is 4.79 Å². The van der Waals surface area contributed by atoms with Crippen LogP contribution in [-0.4, -0.2) is 39.4 Å². The first-order valence-electron chi connectivity index (χ1n) is 8.38. The lowest BCUT2D eigenvalue weighted by molar-refractivity contribution is 0.0103. The molecule has 1 aromatic heterocycles. The van der Waals surface area contributed by atoms with Crippen molar-refractivity contribution in [3.8, 4) is 5.88 Å². The normalized spacial score (nSPS) is 21.4. The number of ether oxygens (including phenoxy) is 1. The van der Waals surface area contributed by atoms with Crippen molar-refractivity contribution in [3.05, 3.63) is 58.8 Å². The fourth-order valence-corrected chi connectivity index (χ4v) is 3.93. The number of carbonyl (C=O) groups excluding carboxylic acids is 1. The molecule has 2 aliphatic rings. The fraction of sp³-hybridized carbons (Fsp3) is 0.368. The molecule has 2 aliphatic heterocycles. The molecule has 0 spiro atoms. The van der Waals surface area contributed by atoms with Crippen molar-refractivity contribution in [2.24, 2.45) is 0 Å². The number of ketones is 1. The molecule has 1 N–H and O–H groups in total. The number of rotatable bonds is 4. The maximum atomic E-state index is 12.8. The Morgan fingerprint density at radius 1 is 1.44 bits per heavy atom. The maximum absolute atomic E-state index is 12.8. The van der Waals surface area contributed by atoms with Crippen molar-refractivity contribution >= 4 is 17.7 Å². The highest BCUT2D eigenvalue weighted by atomic mass is 32.2. The first-order valence-corrected chi connectivity index (χ1v) is 9.16. The molecule has 5 nitrogen and oxygen atoms in total. The molecule has 25 heavy (non-hydrogen) atoms. The third-order valence-corrected chi connectivity index (χ3v) is 5.35. The molecule has 6 heteroatoms. The van der Waals surface area contributed by atoms with E-state index in [-0.39, 0.29) is 17.8 Å². The Bertz CT molecular complexity index is 719. The van der Waals surface area contributed by atoms with Gasteiger partial charge < -0.3 is 14.1 Å². The predicted molar refractivity (Wildman–Crippen MR) is 99.1 cm³/mol. The quantitative estimate of drug-likeness (QED) is 0.652. The van der Waals surface area contributed by atoms with Crippen molar-refractivity contribution in [1.29, 1.82) is 0 Å². The van der Waals surface area contributed by atoms with Gasteiger partial charge in [-0.25, -0.2) is 4.98 Å². The summed E-state index contributed by atoms with van der Waals surface area (Å²) in [5.74, 6) is -0.228. The summed E-state index contributed by atoms with van der Waals surface area (Å²) in [6.45, 7) is 7.57. The van der Waals surface area contributed by atoms with Crippen LogP contribution >= 0.6 is 11.9 Å². The second kappa shape index (κ2) is 7.89. The van der Waals surface area contributed by atoms with Gasteiger partial charge in [0.05, 0.1) is 17.6 Å².